The summed E-state index contributed by atoms with van der Waals surface area (Å²) >= 11 is 1.53. The van der Waals surface area contributed by atoms with Crippen LogP contribution in [-0.2, 0) is 17.8 Å². The maximum Gasteiger partial charge on any atom is 0.389 e. The van der Waals surface area contributed by atoms with Gasteiger partial charge in [0.25, 0.3) is 5.91 Å². The number of carbonyl (C=O) groups is 2. The minimum atomic E-state index is -4.13. The Bertz CT molecular complexity index is 1400. The summed E-state index contributed by atoms with van der Waals surface area (Å²) in [6.07, 6.45) is -0.254. The summed E-state index contributed by atoms with van der Waals surface area (Å²) in [6.45, 7) is 3.34. The van der Waals surface area contributed by atoms with Gasteiger partial charge in [0.2, 0.25) is 0 Å². The molecule has 0 aliphatic heterocycles. The van der Waals surface area contributed by atoms with Crippen molar-refractivity contribution in [3.8, 4) is 11.1 Å². The lowest BCUT2D eigenvalue weighted by molar-refractivity contribution is -0.139. The molecule has 4 rings (SSSR count). The van der Waals surface area contributed by atoms with E-state index in [2.05, 4.69) is 22.3 Å². The van der Waals surface area contributed by atoms with E-state index in [4.69, 9.17) is 0 Å². The summed E-state index contributed by atoms with van der Waals surface area (Å²) in [5.41, 5.74) is 5.21. The number of carboxylic acids is 1. The second kappa shape index (κ2) is 15.6. The molecule has 3 aromatic carbocycles. The van der Waals surface area contributed by atoms with Gasteiger partial charge in [0.1, 0.15) is 6.04 Å². The summed E-state index contributed by atoms with van der Waals surface area (Å²) in [7, 11) is 0. The van der Waals surface area contributed by atoms with Crippen LogP contribution in [0.4, 0.5) is 13.2 Å². The number of hydrogen-bond acceptors (Lipinski definition) is 4. The van der Waals surface area contributed by atoms with Crippen LogP contribution in [0.5, 0.6) is 0 Å². The molecule has 1 aliphatic carbocycles. The van der Waals surface area contributed by atoms with Gasteiger partial charge in [-0.2, -0.15) is 24.9 Å². The summed E-state index contributed by atoms with van der Waals surface area (Å²) in [4.78, 5) is 27.7. The molecule has 1 amide bonds. The van der Waals surface area contributed by atoms with Crippen molar-refractivity contribution in [3.05, 3.63) is 95.1 Å². The van der Waals surface area contributed by atoms with E-state index in [9.17, 15) is 27.9 Å². The van der Waals surface area contributed by atoms with Crippen LogP contribution in [0.2, 0.25) is 0 Å². The molecule has 44 heavy (non-hydrogen) atoms. The third kappa shape index (κ3) is 9.86. The Balaban J connectivity index is 1.58. The van der Waals surface area contributed by atoms with E-state index >= 15 is 0 Å². The number of alkyl halides is 3. The molecule has 2 unspecified atom stereocenters. The van der Waals surface area contributed by atoms with Gasteiger partial charge in [-0.3, -0.25) is 9.69 Å². The van der Waals surface area contributed by atoms with Gasteiger partial charge in [0.15, 0.2) is 0 Å². The van der Waals surface area contributed by atoms with Crippen LogP contribution < -0.4 is 5.32 Å². The Morgan fingerprint density at radius 2 is 1.75 bits per heavy atom. The summed E-state index contributed by atoms with van der Waals surface area (Å²) in [5, 5.41) is 12.4. The topological polar surface area (TPSA) is 69.6 Å². The molecule has 0 spiro atoms. The molecule has 1 saturated carbocycles. The van der Waals surface area contributed by atoms with E-state index in [0.29, 0.717) is 30.7 Å². The smallest absolute Gasteiger partial charge is 0.389 e. The van der Waals surface area contributed by atoms with Crippen molar-refractivity contribution in [2.75, 3.05) is 18.6 Å². The number of carboxylic acid groups (broad SMARTS) is 1. The first-order valence-electron chi connectivity index (χ1n) is 15.1. The highest BCUT2D eigenvalue weighted by Crippen LogP contribution is 2.41. The van der Waals surface area contributed by atoms with E-state index < -0.39 is 30.5 Å². The Hall–Kier alpha value is -3.30. The highest BCUT2D eigenvalue weighted by molar-refractivity contribution is 7.98. The predicted octanol–water partition coefficient (Wildman–Crippen LogP) is 7.76. The molecular formula is C35H41F3N2O3S. The maximum atomic E-state index is 13.5. The molecule has 0 aromatic heterocycles. The molecule has 1 aliphatic rings. The number of carbonyl (C=O) groups excluding carboxylic acids is 1. The minimum absolute atomic E-state index is 0.146. The molecule has 9 heteroatoms. The standard InChI is InChI=1S/C35H41F3N2O3S/c1-24-9-6-7-13-28(24)30-21-26(14-15-29(30)33(41)39-31(34(42)43)17-20-44-2)23-40(19-16-25-10-4-3-5-11-25)32-22-27(32)12-8-18-35(36,37)38/h3-7,9-11,13-15,21,27,31-32H,8,12,16-20,22-23H2,1-2H3,(H,39,41)(H,42,43)/t27?,31-,32?/m0/s1. The highest BCUT2D eigenvalue weighted by Gasteiger charge is 2.41. The molecule has 0 heterocycles. The number of nitrogens with one attached hydrogen (secondary N) is 1. The number of aryl methyl sites for hydroxylation is 1. The van der Waals surface area contributed by atoms with Gasteiger partial charge in [-0.05, 0) is 96.9 Å². The zero-order chi connectivity index (χ0) is 31.7. The van der Waals surface area contributed by atoms with Gasteiger partial charge in [-0.25, -0.2) is 4.79 Å². The van der Waals surface area contributed by atoms with Crippen LogP contribution in [0, 0.1) is 12.8 Å². The minimum Gasteiger partial charge on any atom is -0.480 e. The molecule has 1 fully saturated rings. The number of nitrogens with zero attached hydrogens (tertiary/aromatic N) is 1. The van der Waals surface area contributed by atoms with Gasteiger partial charge in [-0.1, -0.05) is 60.7 Å². The van der Waals surface area contributed by atoms with Gasteiger partial charge < -0.3 is 10.4 Å². The van der Waals surface area contributed by atoms with Gasteiger partial charge in [0.05, 0.1) is 0 Å². The summed E-state index contributed by atoms with van der Waals surface area (Å²) in [6, 6.07) is 22.8. The number of hydrogen-bond donors (Lipinski definition) is 2. The van der Waals surface area contributed by atoms with Crippen molar-refractivity contribution >= 4 is 23.6 Å². The number of benzene rings is 3. The second-order valence-corrected chi connectivity index (χ2v) is 12.6. The van der Waals surface area contributed by atoms with Crippen LogP contribution in [0.15, 0.2) is 72.8 Å². The molecule has 2 N–H and O–H groups in total. The average Bonchev–Trinajstić information content (AvgIpc) is 3.76. The first-order chi connectivity index (χ1) is 21.1. The van der Waals surface area contributed by atoms with Crippen molar-refractivity contribution in [2.45, 2.75) is 70.3 Å². The third-order valence-corrected chi connectivity index (χ3v) is 8.93. The van der Waals surface area contributed by atoms with Crippen LogP contribution >= 0.6 is 11.8 Å². The fourth-order valence-corrected chi connectivity index (χ4v) is 6.25. The number of amides is 1. The zero-order valence-corrected chi connectivity index (χ0v) is 26.1. The normalized spacial score (nSPS) is 17.0. The van der Waals surface area contributed by atoms with Crippen LogP contribution in [0.25, 0.3) is 11.1 Å². The Kier molecular flexibility index (Phi) is 11.9. The first kappa shape index (κ1) is 33.6. The lowest BCUT2D eigenvalue weighted by atomic mass is 9.93. The maximum absolute atomic E-state index is 13.5. The van der Waals surface area contributed by atoms with Gasteiger partial charge >= 0.3 is 12.1 Å². The first-order valence-corrected chi connectivity index (χ1v) is 16.5. The predicted molar refractivity (Wildman–Crippen MR) is 171 cm³/mol. The number of halogens is 3. The molecular weight excluding hydrogens is 585 g/mol. The second-order valence-electron chi connectivity index (χ2n) is 11.6. The Morgan fingerprint density at radius 1 is 1.02 bits per heavy atom. The van der Waals surface area contributed by atoms with Gasteiger partial charge in [0, 0.05) is 31.1 Å². The number of thioether (sulfide) groups is 1. The Labute approximate surface area is 262 Å². The van der Waals surface area contributed by atoms with Crippen molar-refractivity contribution in [1.29, 1.82) is 0 Å². The van der Waals surface area contributed by atoms with Crippen LogP contribution in [0.1, 0.15) is 59.2 Å². The molecule has 0 radical (unpaired) electrons. The van der Waals surface area contributed by atoms with Crippen molar-refractivity contribution in [3.63, 3.8) is 0 Å². The average molecular weight is 627 g/mol. The van der Waals surface area contributed by atoms with Crippen molar-refractivity contribution in [1.82, 2.24) is 10.2 Å². The molecule has 3 atom stereocenters. The summed E-state index contributed by atoms with van der Waals surface area (Å²) in [5.74, 6) is -0.651. The monoisotopic (exact) mass is 626 g/mol. The largest absolute Gasteiger partial charge is 0.480 e. The molecule has 3 aromatic rings. The molecule has 5 nitrogen and oxygen atoms in total. The van der Waals surface area contributed by atoms with Crippen molar-refractivity contribution in [2.24, 2.45) is 5.92 Å². The lowest BCUT2D eigenvalue weighted by Gasteiger charge is -2.24. The highest BCUT2D eigenvalue weighted by atomic mass is 32.2. The third-order valence-electron chi connectivity index (χ3n) is 8.28. The van der Waals surface area contributed by atoms with Crippen LogP contribution in [0.3, 0.4) is 0 Å². The number of rotatable bonds is 16. The van der Waals surface area contributed by atoms with E-state index in [-0.39, 0.29) is 18.4 Å². The van der Waals surface area contributed by atoms with Gasteiger partial charge in [-0.15, -0.1) is 0 Å². The fraction of sp³-hybridized carbons (Fsp3) is 0.429. The molecule has 0 saturated heterocycles. The summed E-state index contributed by atoms with van der Waals surface area (Å²) < 4.78 is 38.3. The van der Waals surface area contributed by atoms with E-state index in [0.717, 1.165) is 41.6 Å². The SMILES string of the molecule is CSCC[C@H](NC(=O)c1ccc(CN(CCc2ccccc2)C2CC2CCCC(F)(F)F)cc1-c1ccccc1C)C(=O)O. The van der Waals surface area contributed by atoms with E-state index in [1.54, 1.807) is 6.07 Å². The molecule has 0 bridgehead atoms. The van der Waals surface area contributed by atoms with E-state index in [1.165, 1.54) is 17.3 Å². The van der Waals surface area contributed by atoms with Crippen LogP contribution in [-0.4, -0.2) is 58.7 Å². The van der Waals surface area contributed by atoms with Crippen molar-refractivity contribution < 1.29 is 27.9 Å². The van der Waals surface area contributed by atoms with E-state index in [1.807, 2.05) is 67.8 Å². The quantitative estimate of drug-likeness (QED) is 0.170. The fourth-order valence-electron chi connectivity index (χ4n) is 5.78. The zero-order valence-electron chi connectivity index (χ0n) is 25.3. The molecule has 236 valence electrons. The Morgan fingerprint density at radius 3 is 2.43 bits per heavy atom. The number of aliphatic carboxylic acids is 1. The lowest BCUT2D eigenvalue weighted by Crippen LogP contribution is -2.41.